The van der Waals surface area contributed by atoms with Crippen LogP contribution in [0.15, 0.2) is 44.2 Å². The summed E-state index contributed by atoms with van der Waals surface area (Å²) in [6, 6.07) is 2.93. The van der Waals surface area contributed by atoms with Crippen LogP contribution < -0.4 is 11.4 Å². The van der Waals surface area contributed by atoms with E-state index in [1.807, 2.05) is 0 Å². The molecule has 2 saturated heterocycles. The molecule has 4 heterocycles. The second-order valence-electron chi connectivity index (χ2n) is 7.54. The number of rotatable bonds is 7. The molecule has 2 aromatic heterocycles. The predicted octanol–water partition coefficient (Wildman–Crippen LogP) is -3.18. The van der Waals surface area contributed by atoms with Crippen molar-refractivity contribution in [3.05, 3.63) is 45.5 Å². The van der Waals surface area contributed by atoms with Crippen molar-refractivity contribution >= 4 is 21.6 Å². The van der Waals surface area contributed by atoms with Crippen LogP contribution in [0.4, 0.5) is 0 Å². The molecule has 34 heavy (non-hydrogen) atoms. The first-order valence-corrected chi connectivity index (χ1v) is 12.2. The number of hydrogen-bond acceptors (Lipinski definition) is 14. The summed E-state index contributed by atoms with van der Waals surface area (Å²) < 4.78 is 12.6. The van der Waals surface area contributed by atoms with Crippen molar-refractivity contribution in [3.63, 3.8) is 0 Å². The number of aliphatic hydroxyl groups excluding tert-OH is 6. The van der Waals surface area contributed by atoms with E-state index in [9.17, 15) is 40.2 Å². The number of aromatic nitrogens is 4. The molecule has 186 valence electrons. The van der Waals surface area contributed by atoms with Gasteiger partial charge in [-0.3, -0.25) is 9.13 Å². The lowest BCUT2D eigenvalue weighted by atomic mass is 10.1. The third-order valence-electron chi connectivity index (χ3n) is 5.40. The van der Waals surface area contributed by atoms with E-state index in [0.29, 0.717) is 0 Å². The topological polar surface area (TPSA) is 210 Å². The SMILES string of the molecule is O=c1nc(SSc2ccn([C@@H]3O[C@H](CO)[C@@H](O)[C@@H]3O)c(=O)n2)ccn1[C@@H]1O[C@H](CO)[C@H](O)[C@@H]1O. The summed E-state index contributed by atoms with van der Waals surface area (Å²) >= 11 is 0. The highest BCUT2D eigenvalue weighted by Crippen LogP contribution is 2.35. The van der Waals surface area contributed by atoms with Crippen molar-refractivity contribution in [1.82, 2.24) is 19.1 Å². The number of ether oxygens (including phenoxy) is 2. The first-order chi connectivity index (χ1) is 16.2. The van der Waals surface area contributed by atoms with Gasteiger partial charge in [-0.05, 0) is 33.7 Å². The number of aliphatic hydroxyl groups is 6. The molecule has 2 fully saturated rings. The summed E-state index contributed by atoms with van der Waals surface area (Å²) in [6.45, 7) is -1.05. The van der Waals surface area contributed by atoms with Gasteiger partial charge in [0.2, 0.25) is 0 Å². The van der Waals surface area contributed by atoms with Crippen molar-refractivity contribution in [1.29, 1.82) is 0 Å². The molecule has 4 rings (SSSR count). The first kappa shape index (κ1) is 25.2. The lowest BCUT2D eigenvalue weighted by Crippen LogP contribution is -2.36. The zero-order valence-corrected chi connectivity index (χ0v) is 18.9. The van der Waals surface area contributed by atoms with Crippen LogP contribution in [0.3, 0.4) is 0 Å². The zero-order valence-electron chi connectivity index (χ0n) is 17.3. The van der Waals surface area contributed by atoms with Crippen molar-refractivity contribution in [2.75, 3.05) is 13.2 Å². The molecule has 0 amide bonds. The Bertz CT molecular complexity index is 1040. The second-order valence-corrected chi connectivity index (χ2v) is 9.71. The molecule has 0 spiro atoms. The van der Waals surface area contributed by atoms with Crippen LogP contribution in [0.1, 0.15) is 12.5 Å². The molecule has 0 unspecified atom stereocenters. The third-order valence-corrected chi connectivity index (χ3v) is 7.56. The Morgan fingerprint density at radius 2 is 1.12 bits per heavy atom. The van der Waals surface area contributed by atoms with Gasteiger partial charge in [-0.15, -0.1) is 0 Å². The zero-order chi connectivity index (χ0) is 24.6. The number of nitrogens with zero attached hydrogens (tertiary/aromatic N) is 4. The standard InChI is InChI=1S/C18H22N4O10S2/c23-5-7-11(25)13(27)15(31-7)21-3-1-9(19-17(21)29)33-34-10-2-4-22(18(30)20-10)16-14(28)12(26)8(6-24)32-16/h1-4,7-8,11-16,23-28H,5-6H2/t7-,8-,11-,12+,13+,14+,15-,16-/m1/s1. The normalized spacial score (nSPS) is 33.5. The maximum Gasteiger partial charge on any atom is 0.350 e. The monoisotopic (exact) mass is 518 g/mol. The minimum Gasteiger partial charge on any atom is -0.394 e. The summed E-state index contributed by atoms with van der Waals surface area (Å²) in [4.78, 5) is 32.5. The molecule has 6 N–H and O–H groups in total. The molecular formula is C18H22N4O10S2. The van der Waals surface area contributed by atoms with E-state index < -0.39 is 73.7 Å². The summed E-state index contributed by atoms with van der Waals surface area (Å²) in [5.74, 6) is 0. The van der Waals surface area contributed by atoms with Gasteiger partial charge in [0.1, 0.15) is 46.7 Å². The minimum absolute atomic E-state index is 0.271. The van der Waals surface area contributed by atoms with Crippen molar-refractivity contribution < 1.29 is 40.1 Å². The van der Waals surface area contributed by atoms with E-state index in [1.165, 1.54) is 24.5 Å². The lowest BCUT2D eigenvalue weighted by molar-refractivity contribution is -0.0551. The Hall–Kier alpha value is -1.86. The summed E-state index contributed by atoms with van der Waals surface area (Å²) in [6.07, 6.45) is -7.36. The Morgan fingerprint density at radius 3 is 1.41 bits per heavy atom. The maximum atomic E-state index is 12.4. The van der Waals surface area contributed by atoms with Crippen LogP contribution in [0.5, 0.6) is 0 Å². The summed E-state index contributed by atoms with van der Waals surface area (Å²) in [5, 5.41) is 58.7. The van der Waals surface area contributed by atoms with Gasteiger partial charge < -0.3 is 40.1 Å². The maximum absolute atomic E-state index is 12.4. The van der Waals surface area contributed by atoms with Gasteiger partial charge in [0.15, 0.2) is 12.5 Å². The molecule has 0 saturated carbocycles. The van der Waals surface area contributed by atoms with E-state index >= 15 is 0 Å². The van der Waals surface area contributed by atoms with E-state index in [-0.39, 0.29) is 10.1 Å². The van der Waals surface area contributed by atoms with Crippen LogP contribution in [-0.2, 0) is 9.47 Å². The number of hydrogen-bond donors (Lipinski definition) is 6. The van der Waals surface area contributed by atoms with Crippen molar-refractivity contribution in [2.45, 2.75) is 59.1 Å². The van der Waals surface area contributed by atoms with E-state index in [2.05, 4.69) is 9.97 Å². The summed E-state index contributed by atoms with van der Waals surface area (Å²) in [7, 11) is 2.06. The smallest absolute Gasteiger partial charge is 0.350 e. The molecule has 0 radical (unpaired) electrons. The third kappa shape index (κ3) is 4.78. The molecule has 2 aliphatic heterocycles. The predicted molar refractivity (Wildman–Crippen MR) is 115 cm³/mol. The Kier molecular flexibility index (Phi) is 7.72. The van der Waals surface area contributed by atoms with Crippen LogP contribution in [0.25, 0.3) is 0 Å². The highest BCUT2D eigenvalue weighted by Gasteiger charge is 2.44. The van der Waals surface area contributed by atoms with Crippen molar-refractivity contribution in [2.24, 2.45) is 0 Å². The van der Waals surface area contributed by atoms with E-state index in [1.54, 1.807) is 0 Å². The van der Waals surface area contributed by atoms with Gasteiger partial charge in [0, 0.05) is 12.4 Å². The fraction of sp³-hybridized carbons (Fsp3) is 0.556. The van der Waals surface area contributed by atoms with Gasteiger partial charge in [-0.1, -0.05) is 0 Å². The Morgan fingerprint density at radius 1 is 0.735 bits per heavy atom. The molecule has 14 nitrogen and oxygen atoms in total. The van der Waals surface area contributed by atoms with Crippen LogP contribution >= 0.6 is 21.6 Å². The molecule has 0 aromatic carbocycles. The molecule has 16 heteroatoms. The van der Waals surface area contributed by atoms with Gasteiger partial charge in [0.25, 0.3) is 0 Å². The fourth-order valence-electron chi connectivity index (χ4n) is 3.58. The van der Waals surface area contributed by atoms with Gasteiger partial charge in [0.05, 0.1) is 13.2 Å². The van der Waals surface area contributed by atoms with Crippen LogP contribution in [0.2, 0.25) is 0 Å². The fourth-order valence-corrected chi connectivity index (χ4v) is 5.28. The molecule has 2 aliphatic rings. The average molecular weight is 519 g/mol. The Balaban J connectivity index is 1.42. The highest BCUT2D eigenvalue weighted by molar-refractivity contribution is 8.76. The van der Waals surface area contributed by atoms with E-state index in [4.69, 9.17) is 9.47 Å². The van der Waals surface area contributed by atoms with Crippen LogP contribution in [0, 0.1) is 0 Å². The second kappa shape index (κ2) is 10.4. The quantitative estimate of drug-likeness (QED) is 0.158. The van der Waals surface area contributed by atoms with Gasteiger partial charge in [-0.2, -0.15) is 9.97 Å². The molecule has 0 aliphatic carbocycles. The van der Waals surface area contributed by atoms with Gasteiger partial charge >= 0.3 is 11.4 Å². The Labute approximate surface area is 198 Å². The van der Waals surface area contributed by atoms with Crippen molar-refractivity contribution in [3.8, 4) is 0 Å². The lowest BCUT2D eigenvalue weighted by Gasteiger charge is -2.17. The summed E-state index contributed by atoms with van der Waals surface area (Å²) in [5.41, 5.74) is -1.51. The van der Waals surface area contributed by atoms with E-state index in [0.717, 1.165) is 30.7 Å². The molecule has 2 aromatic rings. The molecular weight excluding hydrogens is 496 g/mol. The average Bonchev–Trinajstić information content (AvgIpc) is 3.27. The van der Waals surface area contributed by atoms with Gasteiger partial charge in [-0.25, -0.2) is 9.59 Å². The first-order valence-electron chi connectivity index (χ1n) is 10.0. The largest absolute Gasteiger partial charge is 0.394 e. The minimum atomic E-state index is -1.42. The highest BCUT2D eigenvalue weighted by atomic mass is 33.1. The molecule has 0 bridgehead atoms. The van der Waals surface area contributed by atoms with Crippen LogP contribution in [-0.4, -0.2) is 99.6 Å². The molecule has 8 atom stereocenters.